The second-order valence-electron chi connectivity index (χ2n) is 4.23. The van der Waals surface area contributed by atoms with Gasteiger partial charge in [-0.2, -0.15) is 0 Å². The number of pyridine rings is 1. The molecule has 0 fully saturated rings. The minimum Gasteiger partial charge on any atom is -0.493 e. The smallest absolute Gasteiger partial charge is 0.340 e. The van der Waals surface area contributed by atoms with Crippen LogP contribution >= 0.6 is 0 Å². The number of methoxy groups -OCH3 is 2. The van der Waals surface area contributed by atoms with Crippen molar-refractivity contribution >= 4 is 11.7 Å². The molecular weight excluding hydrogens is 272 g/mol. The number of aromatic nitrogens is 1. The van der Waals surface area contributed by atoms with Crippen LogP contribution in [0.5, 0.6) is 11.5 Å². The van der Waals surface area contributed by atoms with E-state index < -0.39 is 5.97 Å². The zero-order chi connectivity index (χ0) is 15.2. The van der Waals surface area contributed by atoms with Crippen LogP contribution in [0.3, 0.4) is 0 Å². The van der Waals surface area contributed by atoms with Crippen molar-refractivity contribution in [3.8, 4) is 11.5 Å². The highest BCUT2D eigenvalue weighted by atomic mass is 16.5. The monoisotopic (exact) mass is 288 g/mol. The van der Waals surface area contributed by atoms with Crippen molar-refractivity contribution in [3.05, 3.63) is 47.8 Å². The number of nitrogens with zero attached hydrogens (tertiary/aromatic N) is 1. The molecule has 0 amide bonds. The molecule has 6 nitrogen and oxygen atoms in total. The lowest BCUT2D eigenvalue weighted by atomic mass is 10.1. The Balaban J connectivity index is 2.15. The van der Waals surface area contributed by atoms with Gasteiger partial charge in [0.1, 0.15) is 6.61 Å². The Morgan fingerprint density at radius 2 is 1.76 bits per heavy atom. The lowest BCUT2D eigenvalue weighted by molar-refractivity contribution is 0.0473. The zero-order valence-corrected chi connectivity index (χ0v) is 11.8. The number of esters is 1. The van der Waals surface area contributed by atoms with E-state index in [1.54, 1.807) is 24.5 Å². The Morgan fingerprint density at radius 3 is 2.38 bits per heavy atom. The number of carbonyl (C=O) groups is 1. The number of nitrogens with two attached hydrogens (primary N) is 1. The molecule has 1 heterocycles. The van der Waals surface area contributed by atoms with Crippen molar-refractivity contribution in [2.24, 2.45) is 0 Å². The third-order valence-electron chi connectivity index (χ3n) is 2.89. The fourth-order valence-electron chi connectivity index (χ4n) is 1.78. The van der Waals surface area contributed by atoms with Gasteiger partial charge in [0.25, 0.3) is 0 Å². The Hall–Kier alpha value is -2.76. The SMILES string of the molecule is COc1cc(N)c(C(=O)OCc2ccncc2)cc1OC. The third-order valence-corrected chi connectivity index (χ3v) is 2.89. The van der Waals surface area contributed by atoms with Gasteiger partial charge in [0.15, 0.2) is 11.5 Å². The highest BCUT2D eigenvalue weighted by molar-refractivity contribution is 5.96. The van der Waals surface area contributed by atoms with Crippen LogP contribution in [0, 0.1) is 0 Å². The average Bonchev–Trinajstić information content (AvgIpc) is 2.53. The van der Waals surface area contributed by atoms with Crippen molar-refractivity contribution in [1.82, 2.24) is 4.98 Å². The number of rotatable bonds is 5. The number of hydrogen-bond acceptors (Lipinski definition) is 6. The summed E-state index contributed by atoms with van der Waals surface area (Å²) in [7, 11) is 2.98. The molecule has 1 aromatic heterocycles. The average molecular weight is 288 g/mol. The summed E-state index contributed by atoms with van der Waals surface area (Å²) in [6.07, 6.45) is 3.27. The van der Waals surface area contributed by atoms with E-state index in [2.05, 4.69) is 4.98 Å². The Bertz CT molecular complexity index is 629. The van der Waals surface area contributed by atoms with Gasteiger partial charge in [0.2, 0.25) is 0 Å². The largest absolute Gasteiger partial charge is 0.493 e. The number of nitrogen functional groups attached to an aromatic ring is 1. The summed E-state index contributed by atoms with van der Waals surface area (Å²) in [5, 5.41) is 0. The molecule has 6 heteroatoms. The predicted molar refractivity (Wildman–Crippen MR) is 77.3 cm³/mol. The maximum Gasteiger partial charge on any atom is 0.340 e. The number of anilines is 1. The highest BCUT2D eigenvalue weighted by Gasteiger charge is 2.16. The molecule has 1 aromatic carbocycles. The van der Waals surface area contributed by atoms with Crippen molar-refractivity contribution in [2.75, 3.05) is 20.0 Å². The van der Waals surface area contributed by atoms with Gasteiger partial charge in [-0.1, -0.05) is 0 Å². The summed E-state index contributed by atoms with van der Waals surface area (Å²) in [5.41, 5.74) is 7.20. The van der Waals surface area contributed by atoms with Gasteiger partial charge in [-0.3, -0.25) is 4.98 Å². The van der Waals surface area contributed by atoms with Crippen LogP contribution in [0.25, 0.3) is 0 Å². The van der Waals surface area contributed by atoms with E-state index >= 15 is 0 Å². The van der Waals surface area contributed by atoms with Crippen LogP contribution in [-0.4, -0.2) is 25.2 Å². The highest BCUT2D eigenvalue weighted by Crippen LogP contribution is 2.32. The normalized spacial score (nSPS) is 10.0. The summed E-state index contributed by atoms with van der Waals surface area (Å²) < 4.78 is 15.5. The quantitative estimate of drug-likeness (QED) is 0.669. The molecule has 0 radical (unpaired) electrons. The second kappa shape index (κ2) is 6.60. The van der Waals surface area contributed by atoms with Gasteiger partial charge < -0.3 is 19.9 Å². The fraction of sp³-hybridized carbons (Fsp3) is 0.200. The molecule has 0 aliphatic rings. The molecule has 0 bridgehead atoms. The van der Waals surface area contributed by atoms with E-state index in [4.69, 9.17) is 19.9 Å². The molecule has 0 saturated carbocycles. The molecule has 0 unspecified atom stereocenters. The van der Waals surface area contributed by atoms with Gasteiger partial charge in [-0.15, -0.1) is 0 Å². The third kappa shape index (κ3) is 3.42. The van der Waals surface area contributed by atoms with Crippen LogP contribution in [0.4, 0.5) is 5.69 Å². The van der Waals surface area contributed by atoms with Gasteiger partial charge in [-0.05, 0) is 17.7 Å². The summed E-state index contributed by atoms with van der Waals surface area (Å²) in [4.78, 5) is 16.0. The summed E-state index contributed by atoms with van der Waals surface area (Å²) >= 11 is 0. The van der Waals surface area contributed by atoms with Crippen molar-refractivity contribution in [3.63, 3.8) is 0 Å². The number of ether oxygens (including phenoxy) is 3. The number of carbonyl (C=O) groups excluding carboxylic acids is 1. The molecule has 21 heavy (non-hydrogen) atoms. The minimum atomic E-state index is -0.523. The molecule has 2 aromatic rings. The maximum atomic E-state index is 12.1. The first kappa shape index (κ1) is 14.6. The van der Waals surface area contributed by atoms with Crippen molar-refractivity contribution in [2.45, 2.75) is 6.61 Å². The molecule has 0 atom stereocenters. The van der Waals surface area contributed by atoms with Gasteiger partial charge in [0, 0.05) is 24.5 Å². The molecular formula is C15H16N2O4. The molecule has 2 N–H and O–H groups in total. The maximum absolute atomic E-state index is 12.1. The van der Waals surface area contributed by atoms with Crippen molar-refractivity contribution < 1.29 is 19.0 Å². The molecule has 0 spiro atoms. The van der Waals surface area contributed by atoms with Crippen LogP contribution in [0.1, 0.15) is 15.9 Å². The predicted octanol–water partition coefficient (Wildman–Crippen LogP) is 2.04. The van der Waals surface area contributed by atoms with Gasteiger partial charge in [0.05, 0.1) is 25.5 Å². The molecule has 0 aliphatic heterocycles. The van der Waals surface area contributed by atoms with E-state index in [1.165, 1.54) is 26.4 Å². The fourth-order valence-corrected chi connectivity index (χ4v) is 1.78. The molecule has 2 rings (SSSR count). The standard InChI is InChI=1S/C15H16N2O4/c1-19-13-7-11(12(16)8-14(13)20-2)15(18)21-9-10-3-5-17-6-4-10/h3-8H,9,16H2,1-2H3. The van der Waals surface area contributed by atoms with E-state index in [9.17, 15) is 4.79 Å². The van der Waals surface area contributed by atoms with E-state index in [0.29, 0.717) is 11.5 Å². The van der Waals surface area contributed by atoms with E-state index in [1.807, 2.05) is 0 Å². The van der Waals surface area contributed by atoms with Crippen LogP contribution in [-0.2, 0) is 11.3 Å². The van der Waals surface area contributed by atoms with E-state index in [-0.39, 0.29) is 17.9 Å². The van der Waals surface area contributed by atoms with Crippen molar-refractivity contribution in [1.29, 1.82) is 0 Å². The first-order valence-corrected chi connectivity index (χ1v) is 6.23. The lowest BCUT2D eigenvalue weighted by Crippen LogP contribution is -2.09. The van der Waals surface area contributed by atoms with Gasteiger partial charge >= 0.3 is 5.97 Å². The Labute approximate surface area is 122 Å². The van der Waals surface area contributed by atoms with Crippen LogP contribution in [0.2, 0.25) is 0 Å². The Kier molecular flexibility index (Phi) is 4.61. The number of hydrogen-bond donors (Lipinski definition) is 1. The first-order chi connectivity index (χ1) is 10.2. The minimum absolute atomic E-state index is 0.148. The topological polar surface area (TPSA) is 83.7 Å². The molecule has 0 saturated heterocycles. The number of benzene rings is 1. The van der Waals surface area contributed by atoms with E-state index in [0.717, 1.165) is 5.56 Å². The second-order valence-corrected chi connectivity index (χ2v) is 4.23. The summed E-state index contributed by atoms with van der Waals surface area (Å²) in [5.74, 6) is 0.355. The Morgan fingerprint density at radius 1 is 1.14 bits per heavy atom. The molecule has 0 aliphatic carbocycles. The first-order valence-electron chi connectivity index (χ1n) is 6.23. The van der Waals surface area contributed by atoms with Gasteiger partial charge in [-0.25, -0.2) is 4.79 Å². The summed E-state index contributed by atoms with van der Waals surface area (Å²) in [6.45, 7) is 0.148. The lowest BCUT2D eigenvalue weighted by Gasteiger charge is -2.12. The molecule has 110 valence electrons. The zero-order valence-electron chi connectivity index (χ0n) is 11.8. The van der Waals surface area contributed by atoms with Crippen LogP contribution < -0.4 is 15.2 Å². The summed E-state index contributed by atoms with van der Waals surface area (Å²) in [6, 6.07) is 6.57. The van der Waals surface area contributed by atoms with Crippen LogP contribution in [0.15, 0.2) is 36.7 Å².